The molecule has 0 aliphatic carbocycles. The summed E-state index contributed by atoms with van der Waals surface area (Å²) in [5, 5.41) is 0. The van der Waals surface area contributed by atoms with Crippen molar-refractivity contribution in [3.63, 3.8) is 0 Å². The molecule has 0 fully saturated rings. The number of anilines is 1. The van der Waals surface area contributed by atoms with Gasteiger partial charge in [-0.2, -0.15) is 12.6 Å². The van der Waals surface area contributed by atoms with Gasteiger partial charge in [-0.3, -0.25) is 0 Å². The molecular formula is C14H20FNS. The minimum Gasteiger partial charge on any atom is -0.371 e. The van der Waals surface area contributed by atoms with Crippen LogP contribution in [-0.2, 0) is 6.42 Å². The minimum absolute atomic E-state index is 0.131. The molecule has 0 N–H and O–H groups in total. The van der Waals surface area contributed by atoms with Crippen molar-refractivity contribution in [2.45, 2.75) is 26.2 Å². The fourth-order valence-corrected chi connectivity index (χ4v) is 2.87. The fourth-order valence-electron chi connectivity index (χ4n) is 2.57. The van der Waals surface area contributed by atoms with Crippen LogP contribution in [0.2, 0.25) is 0 Å². The fraction of sp³-hybridized carbons (Fsp3) is 0.571. The van der Waals surface area contributed by atoms with E-state index in [-0.39, 0.29) is 5.82 Å². The van der Waals surface area contributed by atoms with Crippen molar-refractivity contribution in [2.75, 3.05) is 23.7 Å². The largest absolute Gasteiger partial charge is 0.371 e. The highest BCUT2D eigenvalue weighted by Crippen LogP contribution is 2.29. The highest BCUT2D eigenvalue weighted by Gasteiger charge is 2.21. The van der Waals surface area contributed by atoms with E-state index in [0.717, 1.165) is 31.0 Å². The highest BCUT2D eigenvalue weighted by atomic mass is 32.1. The summed E-state index contributed by atoms with van der Waals surface area (Å²) in [5.74, 6) is 1.39. The van der Waals surface area contributed by atoms with Gasteiger partial charge < -0.3 is 4.90 Å². The van der Waals surface area contributed by atoms with Crippen LogP contribution in [0, 0.1) is 11.7 Å². The summed E-state index contributed by atoms with van der Waals surface area (Å²) in [6.45, 7) is 4.23. The molecule has 0 aromatic heterocycles. The summed E-state index contributed by atoms with van der Waals surface area (Å²) < 4.78 is 13.3. The van der Waals surface area contributed by atoms with E-state index in [1.54, 1.807) is 12.1 Å². The Morgan fingerprint density at radius 2 is 2.29 bits per heavy atom. The van der Waals surface area contributed by atoms with E-state index in [4.69, 9.17) is 0 Å². The van der Waals surface area contributed by atoms with Crippen LogP contribution in [-0.4, -0.2) is 18.8 Å². The topological polar surface area (TPSA) is 3.24 Å². The van der Waals surface area contributed by atoms with Crippen LogP contribution in [0.25, 0.3) is 0 Å². The van der Waals surface area contributed by atoms with Crippen LogP contribution in [0.3, 0.4) is 0 Å². The van der Waals surface area contributed by atoms with Crippen LogP contribution >= 0.6 is 12.6 Å². The average Bonchev–Trinajstić information content (AvgIpc) is 2.71. The lowest BCUT2D eigenvalue weighted by molar-refractivity contribution is 0.525. The Morgan fingerprint density at radius 1 is 1.47 bits per heavy atom. The van der Waals surface area contributed by atoms with Crippen molar-refractivity contribution in [1.82, 2.24) is 0 Å². The Hall–Kier alpha value is -0.700. The maximum absolute atomic E-state index is 13.3. The molecule has 1 atom stereocenters. The van der Waals surface area contributed by atoms with Crippen LogP contribution in [0.4, 0.5) is 10.1 Å². The van der Waals surface area contributed by atoms with E-state index in [0.29, 0.717) is 5.92 Å². The number of halogens is 1. The van der Waals surface area contributed by atoms with E-state index < -0.39 is 0 Å². The van der Waals surface area contributed by atoms with Crippen molar-refractivity contribution in [1.29, 1.82) is 0 Å². The number of fused-ring (bicyclic) bond motifs is 1. The van der Waals surface area contributed by atoms with Gasteiger partial charge >= 0.3 is 0 Å². The second kappa shape index (κ2) is 5.76. The van der Waals surface area contributed by atoms with Crippen molar-refractivity contribution in [3.8, 4) is 0 Å². The number of thiol groups is 1. The monoisotopic (exact) mass is 253 g/mol. The zero-order chi connectivity index (χ0) is 12.3. The molecule has 0 bridgehead atoms. The third-order valence-corrected chi connectivity index (χ3v) is 3.99. The minimum atomic E-state index is -0.131. The van der Waals surface area contributed by atoms with E-state index in [1.165, 1.54) is 18.4 Å². The molecule has 0 spiro atoms. The highest BCUT2D eigenvalue weighted by molar-refractivity contribution is 7.80. The molecular weight excluding hydrogens is 233 g/mol. The quantitative estimate of drug-likeness (QED) is 0.786. The maximum Gasteiger partial charge on any atom is 0.125 e. The van der Waals surface area contributed by atoms with Gasteiger partial charge in [-0.1, -0.05) is 19.4 Å². The number of benzene rings is 1. The lowest BCUT2D eigenvalue weighted by atomic mass is 10.1. The normalized spacial score (nSPS) is 16.1. The summed E-state index contributed by atoms with van der Waals surface area (Å²) in [5.41, 5.74) is 2.37. The zero-order valence-corrected chi connectivity index (χ0v) is 11.2. The van der Waals surface area contributed by atoms with Gasteiger partial charge in [-0.25, -0.2) is 4.39 Å². The summed E-state index contributed by atoms with van der Waals surface area (Å²) >= 11 is 4.41. The predicted octanol–water partition coefficient (Wildman–Crippen LogP) is 3.53. The van der Waals surface area contributed by atoms with Crippen LogP contribution in [0.1, 0.15) is 25.3 Å². The third-order valence-electron chi connectivity index (χ3n) is 3.47. The van der Waals surface area contributed by atoms with Crippen molar-refractivity contribution in [3.05, 3.63) is 29.6 Å². The molecule has 0 saturated heterocycles. The summed E-state index contributed by atoms with van der Waals surface area (Å²) in [6.07, 6.45) is 3.43. The lowest BCUT2D eigenvalue weighted by Crippen LogP contribution is -2.28. The second-order valence-electron chi connectivity index (χ2n) is 4.81. The van der Waals surface area contributed by atoms with Gasteiger partial charge in [-0.15, -0.1) is 0 Å². The van der Waals surface area contributed by atoms with Crippen molar-refractivity contribution < 1.29 is 4.39 Å². The van der Waals surface area contributed by atoms with E-state index in [1.807, 2.05) is 6.07 Å². The van der Waals surface area contributed by atoms with Gasteiger partial charge in [0.15, 0.2) is 0 Å². The Kier molecular flexibility index (Phi) is 4.32. The summed E-state index contributed by atoms with van der Waals surface area (Å²) in [4.78, 5) is 2.31. The van der Waals surface area contributed by atoms with Gasteiger partial charge in [0.25, 0.3) is 0 Å². The van der Waals surface area contributed by atoms with Gasteiger partial charge in [0.2, 0.25) is 0 Å². The Labute approximate surface area is 108 Å². The molecule has 0 saturated carbocycles. The molecule has 2 rings (SSSR count). The Balaban J connectivity index is 2.08. The number of hydrogen-bond acceptors (Lipinski definition) is 2. The van der Waals surface area contributed by atoms with Crippen molar-refractivity contribution >= 4 is 18.3 Å². The zero-order valence-electron chi connectivity index (χ0n) is 10.3. The third kappa shape index (κ3) is 2.95. The molecule has 1 nitrogen and oxygen atoms in total. The molecule has 0 amide bonds. The van der Waals surface area contributed by atoms with Crippen molar-refractivity contribution in [2.24, 2.45) is 5.92 Å². The first-order valence-electron chi connectivity index (χ1n) is 6.38. The molecule has 3 heteroatoms. The van der Waals surface area contributed by atoms with Gasteiger partial charge in [0, 0.05) is 18.8 Å². The molecule has 94 valence electrons. The lowest BCUT2D eigenvalue weighted by Gasteiger charge is -2.24. The number of rotatable bonds is 5. The average molecular weight is 253 g/mol. The first kappa shape index (κ1) is 12.7. The van der Waals surface area contributed by atoms with Crippen LogP contribution in [0.15, 0.2) is 18.2 Å². The molecule has 1 unspecified atom stereocenters. The van der Waals surface area contributed by atoms with E-state index in [9.17, 15) is 4.39 Å². The predicted molar refractivity (Wildman–Crippen MR) is 74.6 cm³/mol. The molecule has 1 aromatic carbocycles. The second-order valence-corrected chi connectivity index (χ2v) is 5.17. The molecule has 1 aromatic rings. The SMILES string of the molecule is CCCC(CS)CN1CCc2ccc(F)cc21. The molecule has 1 aliphatic rings. The van der Waals surface area contributed by atoms with Crippen LogP contribution in [0.5, 0.6) is 0 Å². The summed E-state index contributed by atoms with van der Waals surface area (Å²) in [6, 6.07) is 5.15. The standard InChI is InChI=1S/C14H20FNS/c1-2-3-11(10-17)9-16-7-6-12-4-5-13(15)8-14(12)16/h4-5,8,11,17H,2-3,6-7,9-10H2,1H3. The number of hydrogen-bond donors (Lipinski definition) is 1. The van der Waals surface area contributed by atoms with E-state index >= 15 is 0 Å². The van der Waals surface area contributed by atoms with Crippen LogP contribution < -0.4 is 4.90 Å². The molecule has 1 aliphatic heterocycles. The smallest absolute Gasteiger partial charge is 0.125 e. The van der Waals surface area contributed by atoms with Gasteiger partial charge in [-0.05, 0) is 42.2 Å². The first-order chi connectivity index (χ1) is 8.24. The molecule has 0 radical (unpaired) electrons. The number of nitrogens with zero attached hydrogens (tertiary/aromatic N) is 1. The maximum atomic E-state index is 13.3. The van der Waals surface area contributed by atoms with E-state index in [2.05, 4.69) is 24.5 Å². The summed E-state index contributed by atoms with van der Waals surface area (Å²) in [7, 11) is 0. The Morgan fingerprint density at radius 3 is 3.00 bits per heavy atom. The Bertz CT molecular complexity index is 380. The first-order valence-corrected chi connectivity index (χ1v) is 7.02. The molecule has 1 heterocycles. The van der Waals surface area contributed by atoms with Gasteiger partial charge in [0.05, 0.1) is 0 Å². The molecule has 17 heavy (non-hydrogen) atoms. The van der Waals surface area contributed by atoms with Gasteiger partial charge in [0.1, 0.15) is 5.82 Å².